The normalized spacial score (nSPS) is 14.8. The minimum absolute atomic E-state index is 0.00214. The molecule has 4 heterocycles. The van der Waals surface area contributed by atoms with Crippen molar-refractivity contribution in [3.63, 3.8) is 0 Å². The van der Waals surface area contributed by atoms with Gasteiger partial charge in [-0.3, -0.25) is 9.20 Å². The highest BCUT2D eigenvalue weighted by Crippen LogP contribution is 2.32. The Bertz CT molecular complexity index is 1390. The van der Waals surface area contributed by atoms with Crippen molar-refractivity contribution < 1.29 is 18.0 Å². The number of carbonyl (C=O) groups excluding carboxylic acids is 1. The number of piperazine rings is 1. The molecule has 1 atom stereocenters. The van der Waals surface area contributed by atoms with E-state index in [2.05, 4.69) is 20.3 Å². The predicted octanol–water partition coefficient (Wildman–Crippen LogP) is 4.83. The summed E-state index contributed by atoms with van der Waals surface area (Å²) < 4.78 is 42.9. The number of nitrogens with one attached hydrogen (secondary N) is 1. The van der Waals surface area contributed by atoms with Crippen LogP contribution in [0.2, 0.25) is 0 Å². The fourth-order valence-electron chi connectivity index (χ4n) is 4.14. The Labute approximate surface area is 206 Å². The molecule has 36 heavy (non-hydrogen) atoms. The zero-order valence-electron chi connectivity index (χ0n) is 20.5. The molecule has 1 N–H and O–H groups in total. The molecule has 1 aromatic carbocycles. The van der Waals surface area contributed by atoms with Crippen LogP contribution in [0.4, 0.5) is 24.8 Å². The molecule has 11 heteroatoms. The molecule has 1 saturated heterocycles. The lowest BCUT2D eigenvalue weighted by Crippen LogP contribution is -2.48. The summed E-state index contributed by atoms with van der Waals surface area (Å²) in [5.41, 5.74) is 0.178. The summed E-state index contributed by atoms with van der Waals surface area (Å²) in [7, 11) is 1.76. The number of anilines is 2. The number of nitrogens with zero attached hydrogens (tertiary/aromatic N) is 6. The SMILES string of the molecule is CC.CC(Nc1nc2nccn2c2cnc(N3CCN(C)C(=O)C3)cc12)c1cccc(C(F)F)c1F. The quantitative estimate of drug-likeness (QED) is 0.424. The molecule has 190 valence electrons. The summed E-state index contributed by atoms with van der Waals surface area (Å²) in [5, 5.41) is 3.85. The van der Waals surface area contributed by atoms with Crippen LogP contribution < -0.4 is 10.2 Å². The number of hydrogen-bond acceptors (Lipinski definition) is 6. The number of likely N-dealkylation sites (N-methyl/N-ethyl adjacent to an activating group) is 1. The Hall–Kier alpha value is -3.89. The lowest BCUT2D eigenvalue weighted by Gasteiger charge is -2.32. The topological polar surface area (TPSA) is 78.7 Å². The van der Waals surface area contributed by atoms with Crippen molar-refractivity contribution in [2.45, 2.75) is 33.2 Å². The first-order valence-electron chi connectivity index (χ1n) is 11.8. The number of rotatable bonds is 5. The van der Waals surface area contributed by atoms with Crippen molar-refractivity contribution in [1.29, 1.82) is 0 Å². The maximum atomic E-state index is 14.8. The van der Waals surface area contributed by atoms with E-state index < -0.39 is 23.8 Å². The average molecular weight is 500 g/mol. The van der Waals surface area contributed by atoms with Crippen LogP contribution in [0.3, 0.4) is 0 Å². The van der Waals surface area contributed by atoms with E-state index in [9.17, 15) is 18.0 Å². The lowest BCUT2D eigenvalue weighted by molar-refractivity contribution is -0.129. The molecule has 3 aromatic heterocycles. The minimum Gasteiger partial charge on any atom is -0.363 e. The predicted molar refractivity (Wildman–Crippen MR) is 133 cm³/mol. The van der Waals surface area contributed by atoms with Crippen molar-refractivity contribution in [2.75, 3.05) is 36.9 Å². The molecule has 1 aliphatic heterocycles. The zero-order valence-corrected chi connectivity index (χ0v) is 20.5. The molecule has 0 bridgehead atoms. The van der Waals surface area contributed by atoms with E-state index in [-0.39, 0.29) is 18.0 Å². The third-order valence-electron chi connectivity index (χ3n) is 6.11. The smallest absolute Gasteiger partial charge is 0.266 e. The Morgan fingerprint density at radius 1 is 1.11 bits per heavy atom. The Morgan fingerprint density at radius 2 is 1.86 bits per heavy atom. The second-order valence-electron chi connectivity index (χ2n) is 8.27. The summed E-state index contributed by atoms with van der Waals surface area (Å²) >= 11 is 0. The van der Waals surface area contributed by atoms with Gasteiger partial charge in [0.2, 0.25) is 11.7 Å². The largest absolute Gasteiger partial charge is 0.363 e. The van der Waals surface area contributed by atoms with E-state index >= 15 is 0 Å². The highest BCUT2D eigenvalue weighted by molar-refractivity contribution is 5.93. The highest BCUT2D eigenvalue weighted by atomic mass is 19.3. The third kappa shape index (κ3) is 4.65. The van der Waals surface area contributed by atoms with Crippen molar-refractivity contribution in [2.24, 2.45) is 0 Å². The van der Waals surface area contributed by atoms with E-state index in [1.165, 1.54) is 12.1 Å². The number of imidazole rings is 1. The average Bonchev–Trinajstić information content (AvgIpc) is 3.35. The molecule has 0 spiro atoms. The van der Waals surface area contributed by atoms with Crippen LogP contribution in [0.1, 0.15) is 44.4 Å². The van der Waals surface area contributed by atoms with E-state index in [1.807, 2.05) is 24.8 Å². The molecule has 8 nitrogen and oxygen atoms in total. The van der Waals surface area contributed by atoms with Crippen LogP contribution in [0.15, 0.2) is 42.9 Å². The van der Waals surface area contributed by atoms with Gasteiger partial charge in [-0.25, -0.2) is 23.1 Å². The minimum atomic E-state index is -2.91. The molecule has 0 radical (unpaired) electrons. The van der Waals surface area contributed by atoms with Crippen LogP contribution in [0, 0.1) is 5.82 Å². The molecule has 5 rings (SSSR count). The van der Waals surface area contributed by atoms with E-state index in [0.717, 1.165) is 6.07 Å². The number of halogens is 3. The maximum Gasteiger partial charge on any atom is 0.266 e. The van der Waals surface area contributed by atoms with Gasteiger partial charge in [-0.15, -0.1) is 0 Å². The fourth-order valence-corrected chi connectivity index (χ4v) is 4.14. The standard InChI is InChI=1S/C23H22F3N7O.C2H6/c1-13(14-4-3-5-15(20(14)24)21(25)26)29-22-16-10-18(32-9-8-31(2)19(34)12-32)28-11-17(16)33-7-6-27-23(33)30-22;1-2/h3-7,10-11,13,21H,8-9,12H2,1-2H3,(H,27,29,30);1-2H3. The Morgan fingerprint density at radius 3 is 2.58 bits per heavy atom. The molecule has 1 fully saturated rings. The van der Waals surface area contributed by atoms with Gasteiger partial charge in [-0.2, -0.15) is 4.98 Å². The van der Waals surface area contributed by atoms with Crippen molar-refractivity contribution in [1.82, 2.24) is 24.3 Å². The molecular weight excluding hydrogens is 471 g/mol. The lowest BCUT2D eigenvalue weighted by atomic mass is 10.0. The molecule has 1 aliphatic rings. The van der Waals surface area contributed by atoms with Crippen molar-refractivity contribution in [3.8, 4) is 0 Å². The van der Waals surface area contributed by atoms with Gasteiger partial charge >= 0.3 is 0 Å². The van der Waals surface area contributed by atoms with Crippen LogP contribution in [-0.2, 0) is 4.79 Å². The Kier molecular flexibility index (Phi) is 7.27. The Balaban J connectivity index is 0.00000148. The molecule has 1 amide bonds. The van der Waals surface area contributed by atoms with Gasteiger partial charge in [-0.05, 0) is 13.0 Å². The number of fused-ring (bicyclic) bond motifs is 3. The molecular formula is C25H28F3N7O. The summed E-state index contributed by atoms with van der Waals surface area (Å²) in [6, 6.07) is 5.12. The molecule has 4 aromatic rings. The van der Waals surface area contributed by atoms with Gasteiger partial charge in [0.15, 0.2) is 0 Å². The van der Waals surface area contributed by atoms with Crippen LogP contribution in [0.25, 0.3) is 16.7 Å². The number of benzene rings is 1. The first kappa shape index (κ1) is 25.2. The molecule has 0 aliphatic carbocycles. The van der Waals surface area contributed by atoms with Crippen LogP contribution in [-0.4, -0.2) is 56.8 Å². The monoisotopic (exact) mass is 499 g/mol. The summed E-state index contributed by atoms with van der Waals surface area (Å²) in [6.45, 7) is 7.10. The van der Waals surface area contributed by atoms with Gasteiger partial charge in [-0.1, -0.05) is 32.0 Å². The second-order valence-corrected chi connectivity index (χ2v) is 8.27. The van der Waals surface area contributed by atoms with Gasteiger partial charge in [0.1, 0.15) is 17.5 Å². The number of aromatic nitrogens is 4. The number of carbonyl (C=O) groups is 1. The number of hydrogen-bond donors (Lipinski definition) is 1. The number of alkyl halides is 2. The van der Waals surface area contributed by atoms with E-state index in [0.29, 0.717) is 41.4 Å². The number of pyridine rings is 1. The summed E-state index contributed by atoms with van der Waals surface area (Å²) in [5.74, 6) is 0.483. The molecule has 0 saturated carbocycles. The van der Waals surface area contributed by atoms with E-state index in [1.54, 1.807) is 41.9 Å². The van der Waals surface area contributed by atoms with Crippen LogP contribution in [0.5, 0.6) is 0 Å². The zero-order chi connectivity index (χ0) is 26.0. The van der Waals surface area contributed by atoms with Gasteiger partial charge < -0.3 is 15.1 Å². The van der Waals surface area contributed by atoms with Crippen molar-refractivity contribution in [3.05, 3.63) is 59.8 Å². The maximum absolute atomic E-state index is 14.8. The molecule has 1 unspecified atom stereocenters. The highest BCUT2D eigenvalue weighted by Gasteiger charge is 2.24. The third-order valence-corrected chi connectivity index (χ3v) is 6.11. The second kappa shape index (κ2) is 10.4. The fraction of sp³-hybridized carbons (Fsp3) is 0.360. The van der Waals surface area contributed by atoms with Crippen LogP contribution >= 0.6 is 0 Å². The number of amides is 1. The first-order chi connectivity index (χ1) is 17.3. The summed E-state index contributed by atoms with van der Waals surface area (Å²) in [6.07, 6.45) is 2.13. The van der Waals surface area contributed by atoms with Gasteiger partial charge in [0.25, 0.3) is 6.43 Å². The van der Waals surface area contributed by atoms with Gasteiger partial charge in [0.05, 0.1) is 29.9 Å². The van der Waals surface area contributed by atoms with E-state index in [4.69, 9.17) is 0 Å². The van der Waals surface area contributed by atoms with Crippen molar-refractivity contribution >= 4 is 34.2 Å². The van der Waals surface area contributed by atoms with Gasteiger partial charge in [0, 0.05) is 43.5 Å². The summed E-state index contributed by atoms with van der Waals surface area (Å²) in [4.78, 5) is 29.1. The first-order valence-corrected chi connectivity index (χ1v) is 11.8.